The molecular weight excluding hydrogens is 196 g/mol. The Morgan fingerprint density at radius 2 is 1.12 bits per heavy atom. The molecule has 0 aliphatic rings. The molecule has 2 nitrogen and oxygen atoms in total. The van der Waals surface area contributed by atoms with E-state index in [1.165, 1.54) is 24.2 Å². The highest BCUT2D eigenvalue weighted by Gasteiger charge is 2.06. The second-order valence-electron chi connectivity index (χ2n) is 4.77. The van der Waals surface area contributed by atoms with Crippen molar-refractivity contribution in [1.29, 1.82) is 0 Å². The van der Waals surface area contributed by atoms with E-state index in [0.717, 1.165) is 0 Å². The van der Waals surface area contributed by atoms with Crippen LogP contribution in [0.5, 0.6) is 0 Å². The van der Waals surface area contributed by atoms with Crippen LogP contribution in [0.3, 0.4) is 0 Å². The summed E-state index contributed by atoms with van der Waals surface area (Å²) >= 11 is 0. The van der Waals surface area contributed by atoms with E-state index in [-0.39, 0.29) is 0 Å². The van der Waals surface area contributed by atoms with Crippen molar-refractivity contribution in [2.75, 3.05) is 0 Å². The molecule has 2 atom stereocenters. The van der Waals surface area contributed by atoms with Crippen molar-refractivity contribution < 1.29 is 10.6 Å². The molecule has 2 unspecified atom stereocenters. The lowest BCUT2D eigenvalue weighted by Crippen LogP contribution is -2.84. The average molecular weight is 222 g/mol. The van der Waals surface area contributed by atoms with Gasteiger partial charge in [-0.25, -0.2) is 0 Å². The second kappa shape index (κ2) is 6.66. The highest BCUT2D eigenvalue weighted by atomic mass is 14.9. The number of hydrogen-bond donors (Lipinski definition) is 2. The van der Waals surface area contributed by atoms with Gasteiger partial charge in [0.15, 0.2) is 0 Å². The van der Waals surface area contributed by atoms with Crippen molar-refractivity contribution in [2.24, 2.45) is 0 Å². The van der Waals surface area contributed by atoms with Crippen LogP contribution in [0.1, 0.15) is 40.5 Å². The SMILES string of the molecule is CCC(C)[NH2+]c1ccc([NH2+]C(C)CC)cc1. The average Bonchev–Trinajstić information content (AvgIpc) is 2.31. The van der Waals surface area contributed by atoms with E-state index in [1.54, 1.807) is 0 Å². The monoisotopic (exact) mass is 222 g/mol. The van der Waals surface area contributed by atoms with Gasteiger partial charge in [-0.3, -0.25) is 0 Å². The zero-order valence-corrected chi connectivity index (χ0v) is 11.0. The highest BCUT2D eigenvalue weighted by molar-refractivity contribution is 5.38. The van der Waals surface area contributed by atoms with Gasteiger partial charge in [-0.1, -0.05) is 13.8 Å². The minimum absolute atomic E-state index is 0.671. The van der Waals surface area contributed by atoms with Gasteiger partial charge < -0.3 is 10.6 Å². The van der Waals surface area contributed by atoms with Gasteiger partial charge in [0.2, 0.25) is 0 Å². The fourth-order valence-electron chi connectivity index (χ4n) is 1.61. The van der Waals surface area contributed by atoms with Gasteiger partial charge in [0.1, 0.15) is 11.4 Å². The summed E-state index contributed by atoms with van der Waals surface area (Å²) in [6, 6.07) is 10.2. The quantitative estimate of drug-likeness (QED) is 0.687. The van der Waals surface area contributed by atoms with E-state index in [4.69, 9.17) is 0 Å². The number of quaternary nitrogens is 2. The number of rotatable bonds is 6. The molecular formula is C14H26N2+2. The molecule has 1 aromatic carbocycles. The highest BCUT2D eigenvalue weighted by Crippen LogP contribution is 2.05. The summed E-state index contributed by atoms with van der Waals surface area (Å²) in [7, 11) is 0. The summed E-state index contributed by atoms with van der Waals surface area (Å²) in [6.07, 6.45) is 2.42. The third kappa shape index (κ3) is 4.33. The minimum Gasteiger partial charge on any atom is -0.312 e. The molecule has 2 heteroatoms. The first-order valence-electron chi connectivity index (χ1n) is 6.45. The maximum atomic E-state index is 2.34. The Hall–Kier alpha value is -0.860. The molecule has 1 rings (SSSR count). The van der Waals surface area contributed by atoms with Gasteiger partial charge in [-0.2, -0.15) is 0 Å². The van der Waals surface area contributed by atoms with Crippen molar-refractivity contribution in [2.45, 2.75) is 52.6 Å². The van der Waals surface area contributed by atoms with Gasteiger partial charge in [0, 0.05) is 24.3 Å². The van der Waals surface area contributed by atoms with Crippen LogP contribution in [0.25, 0.3) is 0 Å². The predicted octanol–water partition coefficient (Wildman–Crippen LogP) is 1.67. The van der Waals surface area contributed by atoms with Crippen LogP contribution in [-0.2, 0) is 0 Å². The van der Waals surface area contributed by atoms with Gasteiger partial charge in [0.05, 0.1) is 12.1 Å². The molecule has 90 valence electrons. The molecule has 0 saturated carbocycles. The fourth-order valence-corrected chi connectivity index (χ4v) is 1.61. The summed E-state index contributed by atoms with van der Waals surface area (Å²) in [6.45, 7) is 8.98. The molecule has 0 aliphatic carbocycles. The van der Waals surface area contributed by atoms with E-state index in [2.05, 4.69) is 62.6 Å². The Bertz CT molecular complexity index is 261. The Morgan fingerprint density at radius 3 is 1.38 bits per heavy atom. The van der Waals surface area contributed by atoms with E-state index in [0.29, 0.717) is 12.1 Å². The molecule has 0 amide bonds. The molecule has 4 N–H and O–H groups in total. The number of hydrogen-bond acceptors (Lipinski definition) is 0. The van der Waals surface area contributed by atoms with Gasteiger partial charge in [-0.05, 0) is 26.7 Å². The first-order valence-corrected chi connectivity index (χ1v) is 6.45. The summed E-state index contributed by atoms with van der Waals surface area (Å²) in [5.41, 5.74) is 2.69. The Kier molecular flexibility index (Phi) is 5.50. The van der Waals surface area contributed by atoms with Crippen LogP contribution in [-0.4, -0.2) is 12.1 Å². The van der Waals surface area contributed by atoms with Crippen LogP contribution in [0, 0.1) is 0 Å². The summed E-state index contributed by atoms with van der Waals surface area (Å²) in [5.74, 6) is 0. The molecule has 1 aromatic rings. The van der Waals surface area contributed by atoms with Gasteiger partial charge >= 0.3 is 0 Å². The topological polar surface area (TPSA) is 33.2 Å². The fraction of sp³-hybridized carbons (Fsp3) is 0.571. The van der Waals surface area contributed by atoms with Crippen LogP contribution >= 0.6 is 0 Å². The summed E-state index contributed by atoms with van der Waals surface area (Å²) in [5, 5.41) is 4.68. The van der Waals surface area contributed by atoms with Crippen LogP contribution in [0.2, 0.25) is 0 Å². The van der Waals surface area contributed by atoms with Crippen LogP contribution in [0.4, 0.5) is 11.4 Å². The first kappa shape index (κ1) is 13.2. The third-order valence-electron chi connectivity index (χ3n) is 3.18. The molecule has 0 aromatic heterocycles. The predicted molar refractivity (Wildman–Crippen MR) is 69.1 cm³/mol. The van der Waals surface area contributed by atoms with E-state index >= 15 is 0 Å². The van der Waals surface area contributed by atoms with Gasteiger partial charge in [-0.15, -0.1) is 0 Å². The van der Waals surface area contributed by atoms with E-state index in [9.17, 15) is 0 Å². The lowest BCUT2D eigenvalue weighted by atomic mass is 10.2. The molecule has 0 fully saturated rings. The molecule has 0 saturated heterocycles. The zero-order valence-electron chi connectivity index (χ0n) is 11.0. The zero-order chi connectivity index (χ0) is 12.0. The maximum Gasteiger partial charge on any atom is 0.130 e. The summed E-state index contributed by atoms with van der Waals surface area (Å²) in [4.78, 5) is 0. The van der Waals surface area contributed by atoms with Crippen molar-refractivity contribution in [1.82, 2.24) is 0 Å². The van der Waals surface area contributed by atoms with Crippen molar-refractivity contribution >= 4 is 11.4 Å². The lowest BCUT2D eigenvalue weighted by Gasteiger charge is -2.09. The van der Waals surface area contributed by atoms with Crippen molar-refractivity contribution in [3.05, 3.63) is 24.3 Å². The molecule has 0 bridgehead atoms. The van der Waals surface area contributed by atoms with E-state index in [1.807, 2.05) is 0 Å². The molecule has 0 spiro atoms. The third-order valence-corrected chi connectivity index (χ3v) is 3.18. The second-order valence-corrected chi connectivity index (χ2v) is 4.77. The van der Waals surface area contributed by atoms with Crippen LogP contribution < -0.4 is 10.6 Å². The molecule has 0 heterocycles. The molecule has 16 heavy (non-hydrogen) atoms. The Labute approximate surface area is 99.5 Å². The van der Waals surface area contributed by atoms with Crippen LogP contribution in [0.15, 0.2) is 24.3 Å². The normalized spacial score (nSPS) is 14.8. The van der Waals surface area contributed by atoms with Gasteiger partial charge in [0.25, 0.3) is 0 Å². The summed E-state index contributed by atoms with van der Waals surface area (Å²) < 4.78 is 0. The standard InChI is InChI=1S/C14H24N2/c1-5-11(3)15-13-7-9-14(10-8-13)16-12(4)6-2/h7-12,15-16H,5-6H2,1-4H3/p+2. The molecule has 0 radical (unpaired) electrons. The Balaban J connectivity index is 2.54. The number of nitrogens with two attached hydrogens (primary N) is 2. The smallest absolute Gasteiger partial charge is 0.130 e. The maximum absolute atomic E-state index is 2.34. The molecule has 0 aliphatic heterocycles. The first-order chi connectivity index (χ1) is 7.65. The van der Waals surface area contributed by atoms with Crippen molar-refractivity contribution in [3.63, 3.8) is 0 Å². The number of benzene rings is 1. The lowest BCUT2D eigenvalue weighted by molar-refractivity contribution is -0.610. The van der Waals surface area contributed by atoms with E-state index < -0.39 is 0 Å². The Morgan fingerprint density at radius 1 is 0.812 bits per heavy atom. The van der Waals surface area contributed by atoms with Crippen molar-refractivity contribution in [3.8, 4) is 0 Å². The minimum atomic E-state index is 0.671. The largest absolute Gasteiger partial charge is 0.312 e.